The number of nitrogens with two attached hydrogens (primary N) is 1. The van der Waals surface area contributed by atoms with Crippen molar-refractivity contribution in [2.24, 2.45) is 0 Å². The van der Waals surface area contributed by atoms with Gasteiger partial charge in [-0.3, -0.25) is 0 Å². The van der Waals surface area contributed by atoms with Gasteiger partial charge in [-0.05, 0) is 46.9 Å². The first-order chi connectivity index (χ1) is 7.09. The molecule has 2 aromatic rings. The Balaban J connectivity index is 2.70. The lowest BCUT2D eigenvalue weighted by Gasteiger charge is -2.05. The average molecular weight is 320 g/mol. The summed E-state index contributed by atoms with van der Waals surface area (Å²) in [7, 11) is 0. The van der Waals surface area contributed by atoms with Gasteiger partial charge in [0.05, 0.1) is 5.52 Å². The van der Waals surface area contributed by atoms with Gasteiger partial charge in [-0.1, -0.05) is 0 Å². The third-order valence-electron chi connectivity index (χ3n) is 2.08. The van der Waals surface area contributed by atoms with E-state index in [0.717, 1.165) is 8.96 Å². The van der Waals surface area contributed by atoms with E-state index >= 15 is 0 Å². The van der Waals surface area contributed by atoms with Crippen molar-refractivity contribution in [2.75, 3.05) is 5.73 Å². The minimum Gasteiger partial charge on any atom is -0.398 e. The van der Waals surface area contributed by atoms with Gasteiger partial charge >= 0.3 is 0 Å². The molecule has 78 valence electrons. The van der Waals surface area contributed by atoms with Crippen molar-refractivity contribution < 1.29 is 8.78 Å². The maximum atomic E-state index is 12.4. The van der Waals surface area contributed by atoms with Gasteiger partial charge in [0.15, 0.2) is 0 Å². The number of hydrogen-bond donors (Lipinski definition) is 1. The molecular weight excluding hydrogens is 313 g/mol. The Kier molecular flexibility index (Phi) is 2.72. The number of hydrogen-bond acceptors (Lipinski definition) is 2. The van der Waals surface area contributed by atoms with E-state index in [9.17, 15) is 8.78 Å². The van der Waals surface area contributed by atoms with Crippen LogP contribution in [0.4, 0.5) is 14.5 Å². The largest absolute Gasteiger partial charge is 0.398 e. The van der Waals surface area contributed by atoms with Crippen LogP contribution in [0.5, 0.6) is 0 Å². The number of fused-ring (bicyclic) bond motifs is 1. The molecule has 1 aromatic heterocycles. The number of anilines is 1. The highest BCUT2D eigenvalue weighted by atomic mass is 127. The monoisotopic (exact) mass is 320 g/mol. The minimum atomic E-state index is -2.54. The Morgan fingerprint density at radius 1 is 1.20 bits per heavy atom. The van der Waals surface area contributed by atoms with Crippen LogP contribution in [-0.4, -0.2) is 4.98 Å². The Morgan fingerprint density at radius 2 is 1.93 bits per heavy atom. The summed E-state index contributed by atoms with van der Waals surface area (Å²) in [5, 5.41) is 0.806. The summed E-state index contributed by atoms with van der Waals surface area (Å²) in [6, 6.07) is 6.28. The first kappa shape index (κ1) is 10.5. The lowest BCUT2D eigenvalue weighted by atomic mass is 10.2. The molecule has 0 spiro atoms. The first-order valence-corrected chi connectivity index (χ1v) is 5.30. The summed E-state index contributed by atoms with van der Waals surface area (Å²) in [5.41, 5.74) is 6.68. The summed E-state index contributed by atoms with van der Waals surface area (Å²) < 4.78 is 25.6. The maximum absolute atomic E-state index is 12.4. The molecule has 2 nitrogen and oxygen atoms in total. The molecular formula is C10H7F2IN2. The van der Waals surface area contributed by atoms with Crippen molar-refractivity contribution in [1.29, 1.82) is 0 Å². The standard InChI is InChI=1S/C10H7F2IN2/c11-10(12)8-3-1-5-7(15-8)4-2-6(14)9(5)13/h1-4,10H,14H2. The fourth-order valence-electron chi connectivity index (χ4n) is 1.32. The van der Waals surface area contributed by atoms with E-state index < -0.39 is 6.43 Å². The molecule has 1 aromatic carbocycles. The van der Waals surface area contributed by atoms with Crippen LogP contribution in [0, 0.1) is 3.57 Å². The fraction of sp³-hybridized carbons (Fsp3) is 0.100. The molecule has 0 radical (unpaired) electrons. The highest BCUT2D eigenvalue weighted by Crippen LogP contribution is 2.27. The summed E-state index contributed by atoms with van der Waals surface area (Å²) in [6.07, 6.45) is -2.54. The van der Waals surface area contributed by atoms with Crippen LogP contribution < -0.4 is 5.73 Å². The van der Waals surface area contributed by atoms with Crippen LogP contribution in [0.15, 0.2) is 24.3 Å². The number of aromatic nitrogens is 1. The maximum Gasteiger partial charge on any atom is 0.280 e. The molecule has 0 fully saturated rings. The summed E-state index contributed by atoms with van der Waals surface area (Å²) in [5.74, 6) is 0. The van der Waals surface area contributed by atoms with Crippen LogP contribution >= 0.6 is 22.6 Å². The Bertz CT molecular complexity index is 514. The van der Waals surface area contributed by atoms with Gasteiger partial charge in [-0.25, -0.2) is 13.8 Å². The van der Waals surface area contributed by atoms with Crippen LogP contribution in [0.25, 0.3) is 10.9 Å². The molecule has 2 rings (SSSR count). The first-order valence-electron chi connectivity index (χ1n) is 4.22. The predicted octanol–water partition coefficient (Wildman–Crippen LogP) is 3.36. The predicted molar refractivity (Wildman–Crippen MR) is 63.8 cm³/mol. The molecule has 1 heterocycles. The zero-order valence-corrected chi connectivity index (χ0v) is 9.70. The lowest BCUT2D eigenvalue weighted by Crippen LogP contribution is -1.94. The van der Waals surface area contributed by atoms with Crippen LogP contribution in [0.3, 0.4) is 0 Å². The molecule has 0 aliphatic carbocycles. The third-order valence-corrected chi connectivity index (χ3v) is 3.28. The molecule has 0 aliphatic heterocycles. The second kappa shape index (κ2) is 3.88. The minimum absolute atomic E-state index is 0.205. The molecule has 0 amide bonds. The summed E-state index contributed by atoms with van der Waals surface area (Å²) in [4.78, 5) is 3.87. The van der Waals surface area contributed by atoms with Crippen molar-refractivity contribution in [2.45, 2.75) is 6.43 Å². The van der Waals surface area contributed by atoms with E-state index in [0.29, 0.717) is 11.2 Å². The number of benzene rings is 1. The molecule has 0 unspecified atom stereocenters. The van der Waals surface area contributed by atoms with E-state index in [1.807, 2.05) is 0 Å². The lowest BCUT2D eigenvalue weighted by molar-refractivity contribution is 0.146. The van der Waals surface area contributed by atoms with Gasteiger partial charge in [0, 0.05) is 14.6 Å². The number of halogens is 3. The van der Waals surface area contributed by atoms with Gasteiger partial charge < -0.3 is 5.73 Å². The van der Waals surface area contributed by atoms with Gasteiger partial charge in [-0.2, -0.15) is 0 Å². The molecule has 0 atom stereocenters. The highest BCUT2D eigenvalue weighted by Gasteiger charge is 2.10. The summed E-state index contributed by atoms with van der Waals surface area (Å²) >= 11 is 2.08. The molecule has 2 N–H and O–H groups in total. The van der Waals surface area contributed by atoms with Gasteiger partial charge in [-0.15, -0.1) is 0 Å². The average Bonchev–Trinajstić information content (AvgIpc) is 2.23. The van der Waals surface area contributed by atoms with Gasteiger partial charge in [0.1, 0.15) is 5.69 Å². The summed E-state index contributed by atoms with van der Waals surface area (Å²) in [6.45, 7) is 0. The number of alkyl halides is 2. The number of nitrogen functional groups attached to an aromatic ring is 1. The Labute approximate surface area is 98.6 Å². The molecule has 0 saturated carbocycles. The number of rotatable bonds is 1. The van der Waals surface area contributed by atoms with Crippen molar-refractivity contribution in [3.63, 3.8) is 0 Å². The van der Waals surface area contributed by atoms with E-state index in [4.69, 9.17) is 5.73 Å². The number of nitrogens with zero attached hydrogens (tertiary/aromatic N) is 1. The highest BCUT2D eigenvalue weighted by molar-refractivity contribution is 14.1. The number of pyridine rings is 1. The van der Waals surface area contributed by atoms with Crippen molar-refractivity contribution in [3.8, 4) is 0 Å². The van der Waals surface area contributed by atoms with Crippen molar-refractivity contribution in [1.82, 2.24) is 4.98 Å². The van der Waals surface area contributed by atoms with Crippen LogP contribution in [0.1, 0.15) is 12.1 Å². The Hall–Kier alpha value is -0.980. The SMILES string of the molecule is Nc1ccc2nc(C(F)F)ccc2c1I. The van der Waals surface area contributed by atoms with E-state index in [2.05, 4.69) is 27.6 Å². The zero-order chi connectivity index (χ0) is 11.0. The van der Waals surface area contributed by atoms with Crippen molar-refractivity contribution in [3.05, 3.63) is 33.5 Å². The van der Waals surface area contributed by atoms with E-state index in [1.165, 1.54) is 6.07 Å². The van der Waals surface area contributed by atoms with Crippen molar-refractivity contribution >= 4 is 39.2 Å². The molecule has 0 saturated heterocycles. The Morgan fingerprint density at radius 3 is 2.60 bits per heavy atom. The molecule has 5 heteroatoms. The van der Waals surface area contributed by atoms with Crippen LogP contribution in [-0.2, 0) is 0 Å². The smallest absolute Gasteiger partial charge is 0.280 e. The second-order valence-electron chi connectivity index (χ2n) is 3.07. The van der Waals surface area contributed by atoms with E-state index in [1.54, 1.807) is 18.2 Å². The van der Waals surface area contributed by atoms with Gasteiger partial charge in [0.25, 0.3) is 6.43 Å². The quantitative estimate of drug-likeness (QED) is 0.646. The topological polar surface area (TPSA) is 38.9 Å². The molecule has 0 bridgehead atoms. The molecule has 15 heavy (non-hydrogen) atoms. The van der Waals surface area contributed by atoms with Crippen LogP contribution in [0.2, 0.25) is 0 Å². The van der Waals surface area contributed by atoms with E-state index in [-0.39, 0.29) is 5.69 Å². The second-order valence-corrected chi connectivity index (χ2v) is 4.15. The fourth-order valence-corrected chi connectivity index (χ4v) is 1.96. The normalized spacial score (nSPS) is 11.2. The third kappa shape index (κ3) is 1.88. The van der Waals surface area contributed by atoms with Gasteiger partial charge in [0.2, 0.25) is 0 Å². The zero-order valence-electron chi connectivity index (χ0n) is 7.55. The molecule has 0 aliphatic rings.